The van der Waals surface area contributed by atoms with E-state index in [0.717, 1.165) is 19.3 Å². The third kappa shape index (κ3) is 1.82. The van der Waals surface area contributed by atoms with Crippen molar-refractivity contribution >= 4 is 17.3 Å². The number of thiophene rings is 1. The highest BCUT2D eigenvalue weighted by molar-refractivity contribution is 7.12. The van der Waals surface area contributed by atoms with Gasteiger partial charge in [-0.3, -0.25) is 4.79 Å². The molecule has 0 bridgehead atoms. The maximum Gasteiger partial charge on any atom is 0.303 e. The number of carboxylic acids is 1. The molecule has 2 nitrogen and oxygen atoms in total. The molecule has 0 aromatic carbocycles. The number of hydrogen-bond donors (Lipinski definition) is 1. The summed E-state index contributed by atoms with van der Waals surface area (Å²) in [7, 11) is 0. The van der Waals surface area contributed by atoms with Crippen LogP contribution in [0.15, 0.2) is 6.07 Å². The normalized spacial score (nSPS) is 20.5. The fraction of sp³-hybridized carbons (Fsp3) is 0.545. The van der Waals surface area contributed by atoms with Crippen LogP contribution in [0.3, 0.4) is 0 Å². The Kier molecular flexibility index (Phi) is 2.59. The van der Waals surface area contributed by atoms with E-state index in [1.165, 1.54) is 15.3 Å². The van der Waals surface area contributed by atoms with Gasteiger partial charge in [-0.05, 0) is 37.8 Å². The lowest BCUT2D eigenvalue weighted by Gasteiger charge is -2.20. The molecule has 1 aliphatic carbocycles. The lowest BCUT2D eigenvalue weighted by molar-refractivity contribution is -0.137. The Morgan fingerprint density at radius 1 is 1.71 bits per heavy atom. The van der Waals surface area contributed by atoms with Gasteiger partial charge < -0.3 is 5.11 Å². The largest absolute Gasteiger partial charge is 0.481 e. The van der Waals surface area contributed by atoms with Gasteiger partial charge in [-0.25, -0.2) is 0 Å². The van der Waals surface area contributed by atoms with Crippen LogP contribution in [-0.2, 0) is 11.2 Å². The summed E-state index contributed by atoms with van der Waals surface area (Å²) in [5, 5.41) is 8.80. The minimum absolute atomic E-state index is 0.273. The zero-order valence-corrected chi connectivity index (χ0v) is 9.06. The van der Waals surface area contributed by atoms with Crippen molar-refractivity contribution in [3.05, 3.63) is 21.4 Å². The van der Waals surface area contributed by atoms with E-state index in [1.807, 2.05) is 0 Å². The lowest BCUT2D eigenvalue weighted by atomic mass is 9.87. The van der Waals surface area contributed by atoms with Crippen molar-refractivity contribution in [2.75, 3.05) is 0 Å². The van der Waals surface area contributed by atoms with Crippen molar-refractivity contribution in [3.63, 3.8) is 0 Å². The molecule has 1 heterocycles. The van der Waals surface area contributed by atoms with Crippen LogP contribution in [0.5, 0.6) is 0 Å². The number of carboxylic acid groups (broad SMARTS) is 1. The van der Waals surface area contributed by atoms with Crippen LogP contribution in [0.1, 0.15) is 40.5 Å². The van der Waals surface area contributed by atoms with Gasteiger partial charge in [0.2, 0.25) is 0 Å². The number of hydrogen-bond acceptors (Lipinski definition) is 2. The van der Waals surface area contributed by atoms with Crippen molar-refractivity contribution in [2.45, 2.75) is 38.5 Å². The second-order valence-corrected chi connectivity index (χ2v) is 5.22. The highest BCUT2D eigenvalue weighted by Gasteiger charge is 2.24. The zero-order valence-electron chi connectivity index (χ0n) is 8.25. The number of fused-ring (bicyclic) bond motifs is 1. The number of rotatable bonds is 2. The Morgan fingerprint density at radius 3 is 3.21 bits per heavy atom. The predicted molar refractivity (Wildman–Crippen MR) is 57.0 cm³/mol. The minimum atomic E-state index is -0.672. The van der Waals surface area contributed by atoms with E-state index < -0.39 is 5.97 Å². The summed E-state index contributed by atoms with van der Waals surface area (Å²) in [5.74, 6) is -0.399. The summed E-state index contributed by atoms with van der Waals surface area (Å²) in [6.07, 6.45) is 3.61. The first-order valence-electron chi connectivity index (χ1n) is 4.98. The average Bonchev–Trinajstić information content (AvgIpc) is 2.45. The highest BCUT2D eigenvalue weighted by atomic mass is 32.1. The number of aliphatic carboxylic acids is 1. The van der Waals surface area contributed by atoms with Crippen LogP contribution in [0.25, 0.3) is 0 Å². The summed E-state index contributed by atoms with van der Waals surface area (Å²) < 4.78 is 0. The van der Waals surface area contributed by atoms with Crippen LogP contribution in [0.4, 0.5) is 0 Å². The van der Waals surface area contributed by atoms with Gasteiger partial charge in [0.25, 0.3) is 0 Å². The third-order valence-corrected chi connectivity index (χ3v) is 4.01. The molecule has 2 rings (SSSR count). The first kappa shape index (κ1) is 9.71. The average molecular weight is 210 g/mol. The molecule has 0 spiro atoms. The van der Waals surface area contributed by atoms with E-state index in [1.54, 1.807) is 11.3 Å². The first-order chi connectivity index (χ1) is 6.66. The van der Waals surface area contributed by atoms with Crippen LogP contribution in [-0.4, -0.2) is 11.1 Å². The van der Waals surface area contributed by atoms with Gasteiger partial charge in [-0.15, -0.1) is 11.3 Å². The van der Waals surface area contributed by atoms with Crippen LogP contribution in [0, 0.1) is 6.92 Å². The molecule has 0 aliphatic heterocycles. The Balaban J connectivity index is 2.25. The van der Waals surface area contributed by atoms with Crippen molar-refractivity contribution in [2.24, 2.45) is 0 Å². The van der Waals surface area contributed by atoms with E-state index in [9.17, 15) is 4.79 Å². The Hall–Kier alpha value is -0.830. The molecular weight excluding hydrogens is 196 g/mol. The van der Waals surface area contributed by atoms with Crippen molar-refractivity contribution < 1.29 is 9.90 Å². The summed E-state index contributed by atoms with van der Waals surface area (Å²) in [6, 6.07) is 2.22. The van der Waals surface area contributed by atoms with Crippen LogP contribution < -0.4 is 0 Å². The van der Waals surface area contributed by atoms with E-state index in [4.69, 9.17) is 5.11 Å². The maximum absolute atomic E-state index is 10.7. The lowest BCUT2D eigenvalue weighted by Crippen LogP contribution is -2.11. The second-order valence-electron chi connectivity index (χ2n) is 3.93. The van der Waals surface area contributed by atoms with Gasteiger partial charge in [0.15, 0.2) is 0 Å². The molecule has 0 radical (unpaired) electrons. The maximum atomic E-state index is 10.7. The fourth-order valence-electron chi connectivity index (χ4n) is 2.20. The van der Waals surface area contributed by atoms with Gasteiger partial charge in [0.1, 0.15) is 0 Å². The van der Waals surface area contributed by atoms with Gasteiger partial charge >= 0.3 is 5.97 Å². The Morgan fingerprint density at radius 2 is 2.50 bits per heavy atom. The molecule has 0 fully saturated rings. The molecule has 0 saturated carbocycles. The molecular formula is C11H14O2S. The van der Waals surface area contributed by atoms with Crippen LogP contribution in [0.2, 0.25) is 0 Å². The third-order valence-electron chi connectivity index (χ3n) is 2.76. The Labute approximate surface area is 87.6 Å². The van der Waals surface area contributed by atoms with Crippen LogP contribution >= 0.6 is 11.3 Å². The molecule has 1 aliphatic rings. The number of aryl methyl sites for hydroxylation is 2. The molecule has 14 heavy (non-hydrogen) atoms. The quantitative estimate of drug-likeness (QED) is 0.814. The van der Waals surface area contributed by atoms with Gasteiger partial charge in [0.05, 0.1) is 6.42 Å². The first-order valence-corrected chi connectivity index (χ1v) is 5.79. The SMILES string of the molecule is Cc1cc2c(s1)C(CC(=O)O)CCC2. The Bertz CT molecular complexity index is 354. The van der Waals surface area contributed by atoms with E-state index in [0.29, 0.717) is 6.42 Å². The van der Waals surface area contributed by atoms with E-state index in [-0.39, 0.29) is 5.92 Å². The zero-order chi connectivity index (χ0) is 10.1. The minimum Gasteiger partial charge on any atom is -0.481 e. The van der Waals surface area contributed by atoms with Crippen molar-refractivity contribution in [1.29, 1.82) is 0 Å². The van der Waals surface area contributed by atoms with E-state index in [2.05, 4.69) is 13.0 Å². The standard InChI is InChI=1S/C11H14O2S/c1-7-5-8-3-2-4-9(6-10(12)13)11(8)14-7/h5,9H,2-4,6H2,1H3,(H,12,13). The molecule has 0 amide bonds. The molecule has 1 atom stereocenters. The summed E-state index contributed by atoms with van der Waals surface area (Å²) in [5.41, 5.74) is 1.39. The molecule has 1 aromatic heterocycles. The molecule has 1 N–H and O–H groups in total. The smallest absolute Gasteiger partial charge is 0.303 e. The highest BCUT2D eigenvalue weighted by Crippen LogP contribution is 2.39. The number of carbonyl (C=O) groups is 1. The topological polar surface area (TPSA) is 37.3 Å². The fourth-order valence-corrected chi connectivity index (χ4v) is 3.41. The van der Waals surface area contributed by atoms with Gasteiger partial charge in [-0.1, -0.05) is 0 Å². The molecule has 0 saturated heterocycles. The second kappa shape index (κ2) is 3.73. The molecule has 3 heteroatoms. The summed E-state index contributed by atoms with van der Waals surface area (Å²) >= 11 is 1.78. The monoisotopic (exact) mass is 210 g/mol. The van der Waals surface area contributed by atoms with Crippen molar-refractivity contribution in [3.8, 4) is 0 Å². The summed E-state index contributed by atoms with van der Waals surface area (Å²) in [4.78, 5) is 13.3. The van der Waals surface area contributed by atoms with E-state index >= 15 is 0 Å². The molecule has 76 valence electrons. The molecule has 1 aromatic rings. The predicted octanol–water partition coefficient (Wildman–Crippen LogP) is 2.95. The van der Waals surface area contributed by atoms with Gasteiger partial charge in [-0.2, -0.15) is 0 Å². The summed E-state index contributed by atoms with van der Waals surface area (Å²) in [6.45, 7) is 2.10. The molecule has 1 unspecified atom stereocenters. The van der Waals surface area contributed by atoms with Crippen molar-refractivity contribution in [1.82, 2.24) is 0 Å². The van der Waals surface area contributed by atoms with Gasteiger partial charge in [0, 0.05) is 15.7 Å².